The topological polar surface area (TPSA) is 57.2 Å². The van der Waals surface area contributed by atoms with E-state index < -0.39 is 0 Å². The quantitative estimate of drug-likeness (QED) is 0.821. The number of benzene rings is 1. The minimum absolute atomic E-state index is 0.00330. The molecule has 1 aromatic rings. The van der Waals surface area contributed by atoms with E-state index >= 15 is 0 Å². The highest BCUT2D eigenvalue weighted by Gasteiger charge is 2.36. The van der Waals surface area contributed by atoms with Gasteiger partial charge in [0.05, 0.1) is 30.7 Å². The highest BCUT2D eigenvalue weighted by atomic mass is 35.5. The zero-order chi connectivity index (χ0) is 17.2. The van der Waals surface area contributed by atoms with Crippen LogP contribution in [0.15, 0.2) is 12.1 Å². The Morgan fingerprint density at radius 1 is 1.12 bits per heavy atom. The van der Waals surface area contributed by atoms with Crippen molar-refractivity contribution in [2.45, 2.75) is 38.0 Å². The molecule has 4 rings (SSSR count). The minimum Gasteiger partial charge on any atom is -0.486 e. The van der Waals surface area contributed by atoms with Crippen molar-refractivity contribution in [3.63, 3.8) is 0 Å². The lowest BCUT2D eigenvalue weighted by Gasteiger charge is -2.38. The second-order valence-electron chi connectivity index (χ2n) is 6.54. The van der Waals surface area contributed by atoms with E-state index in [1.807, 2.05) is 11.0 Å². The second-order valence-corrected chi connectivity index (χ2v) is 6.95. The van der Waals surface area contributed by atoms with Crippen molar-refractivity contribution in [2.75, 3.05) is 33.0 Å². The summed E-state index contributed by atoms with van der Waals surface area (Å²) in [5.74, 6) is 1.24. The van der Waals surface area contributed by atoms with Crippen LogP contribution in [0.1, 0.15) is 24.8 Å². The summed E-state index contributed by atoms with van der Waals surface area (Å²) in [5, 5.41) is 0.484. The highest BCUT2D eigenvalue weighted by molar-refractivity contribution is 6.32. The molecule has 2 fully saturated rings. The standard InChI is InChI=1S/C18H22ClNO5/c19-13-9-12(10-15-17(13)23-6-5-22-15)11-16(21)20-4-2-1-3-14(20)18-24-7-8-25-18/h9-10,14,18H,1-8,11H2. The first-order chi connectivity index (χ1) is 12.2. The molecule has 3 heterocycles. The summed E-state index contributed by atoms with van der Waals surface area (Å²) in [4.78, 5) is 14.8. The molecule has 2 saturated heterocycles. The number of ether oxygens (including phenoxy) is 4. The first-order valence-corrected chi connectivity index (χ1v) is 9.21. The third-order valence-corrected chi connectivity index (χ3v) is 5.12. The number of likely N-dealkylation sites (tertiary alicyclic amines) is 1. The maximum Gasteiger partial charge on any atom is 0.227 e. The summed E-state index contributed by atoms with van der Waals surface area (Å²) >= 11 is 6.28. The Morgan fingerprint density at radius 3 is 2.76 bits per heavy atom. The van der Waals surface area contributed by atoms with Crippen molar-refractivity contribution in [2.24, 2.45) is 0 Å². The van der Waals surface area contributed by atoms with Gasteiger partial charge in [-0.3, -0.25) is 4.79 Å². The van der Waals surface area contributed by atoms with E-state index in [1.54, 1.807) is 6.07 Å². The van der Waals surface area contributed by atoms with E-state index in [0.29, 0.717) is 42.9 Å². The average Bonchev–Trinajstić information content (AvgIpc) is 3.16. The Kier molecular flexibility index (Phi) is 5.01. The number of hydrogen-bond donors (Lipinski definition) is 0. The summed E-state index contributed by atoms with van der Waals surface area (Å²) in [6.45, 7) is 2.92. The van der Waals surface area contributed by atoms with Gasteiger partial charge in [-0.1, -0.05) is 11.6 Å². The van der Waals surface area contributed by atoms with Crippen molar-refractivity contribution in [3.8, 4) is 11.5 Å². The summed E-state index contributed by atoms with van der Waals surface area (Å²) < 4.78 is 22.4. The number of nitrogens with zero attached hydrogens (tertiary/aromatic N) is 1. The molecule has 1 amide bonds. The number of amides is 1. The average molecular weight is 368 g/mol. The Bertz CT molecular complexity index is 647. The highest BCUT2D eigenvalue weighted by Crippen LogP contribution is 2.38. The molecule has 0 N–H and O–H groups in total. The molecular weight excluding hydrogens is 346 g/mol. The van der Waals surface area contributed by atoms with Gasteiger partial charge in [0, 0.05) is 6.54 Å². The molecular formula is C18H22ClNO5. The predicted octanol–water partition coefficient (Wildman–Crippen LogP) is 2.41. The molecule has 0 aromatic heterocycles. The Morgan fingerprint density at radius 2 is 1.92 bits per heavy atom. The molecule has 0 spiro atoms. The Hall–Kier alpha value is -1.50. The maximum atomic E-state index is 12.9. The molecule has 6 nitrogen and oxygen atoms in total. The van der Waals surface area contributed by atoms with Crippen molar-refractivity contribution >= 4 is 17.5 Å². The third kappa shape index (κ3) is 3.57. The lowest BCUT2D eigenvalue weighted by molar-refractivity contribution is -0.149. The van der Waals surface area contributed by atoms with Crippen LogP contribution in [0.25, 0.3) is 0 Å². The van der Waals surface area contributed by atoms with E-state index in [9.17, 15) is 4.79 Å². The predicted molar refractivity (Wildman–Crippen MR) is 91.2 cm³/mol. The van der Waals surface area contributed by atoms with Crippen LogP contribution in [-0.2, 0) is 20.7 Å². The lowest BCUT2D eigenvalue weighted by atomic mass is 10.00. The first kappa shape index (κ1) is 16.9. The molecule has 7 heteroatoms. The third-order valence-electron chi connectivity index (χ3n) is 4.84. The van der Waals surface area contributed by atoms with Gasteiger partial charge in [-0.2, -0.15) is 0 Å². The molecule has 0 bridgehead atoms. The molecule has 0 radical (unpaired) electrons. The van der Waals surface area contributed by atoms with E-state index in [4.69, 9.17) is 30.5 Å². The molecule has 1 atom stereocenters. The number of carbonyl (C=O) groups excluding carboxylic acids is 1. The van der Waals surface area contributed by atoms with Gasteiger partial charge in [-0.05, 0) is 37.0 Å². The van der Waals surface area contributed by atoms with Crippen LogP contribution in [0.4, 0.5) is 0 Å². The molecule has 3 aliphatic rings. The van der Waals surface area contributed by atoms with Gasteiger partial charge < -0.3 is 23.8 Å². The second kappa shape index (κ2) is 7.40. The molecule has 0 aliphatic carbocycles. The molecule has 25 heavy (non-hydrogen) atoms. The van der Waals surface area contributed by atoms with Gasteiger partial charge in [0.25, 0.3) is 0 Å². The van der Waals surface area contributed by atoms with Crippen molar-refractivity contribution < 1.29 is 23.7 Å². The summed E-state index contributed by atoms with van der Waals surface area (Å²) in [5.41, 5.74) is 0.830. The van der Waals surface area contributed by atoms with Gasteiger partial charge >= 0.3 is 0 Å². The summed E-state index contributed by atoms with van der Waals surface area (Å²) in [7, 11) is 0. The first-order valence-electron chi connectivity index (χ1n) is 8.83. The monoisotopic (exact) mass is 367 g/mol. The normalized spacial score (nSPS) is 23.7. The Balaban J connectivity index is 1.49. The van der Waals surface area contributed by atoms with Crippen LogP contribution in [-0.4, -0.2) is 56.1 Å². The maximum absolute atomic E-state index is 12.9. The van der Waals surface area contributed by atoms with Gasteiger partial charge in [0.2, 0.25) is 5.91 Å². The SMILES string of the molecule is O=C(Cc1cc(Cl)c2c(c1)OCCO2)N1CCCCC1C1OCCO1. The fourth-order valence-electron chi connectivity index (χ4n) is 3.69. The molecule has 1 unspecified atom stereocenters. The largest absolute Gasteiger partial charge is 0.486 e. The minimum atomic E-state index is -0.298. The smallest absolute Gasteiger partial charge is 0.227 e. The van der Waals surface area contributed by atoms with E-state index in [0.717, 1.165) is 31.4 Å². The van der Waals surface area contributed by atoms with Crippen molar-refractivity contribution in [3.05, 3.63) is 22.7 Å². The van der Waals surface area contributed by atoms with E-state index in [-0.39, 0.29) is 24.7 Å². The van der Waals surface area contributed by atoms with Gasteiger partial charge in [-0.15, -0.1) is 0 Å². The molecule has 3 aliphatic heterocycles. The molecule has 1 aromatic carbocycles. The summed E-state index contributed by atoms with van der Waals surface area (Å²) in [6.07, 6.45) is 3.00. The van der Waals surface area contributed by atoms with Crippen LogP contribution < -0.4 is 9.47 Å². The van der Waals surface area contributed by atoms with Crippen molar-refractivity contribution in [1.29, 1.82) is 0 Å². The zero-order valence-corrected chi connectivity index (χ0v) is 14.8. The molecule has 136 valence electrons. The van der Waals surface area contributed by atoms with Crippen LogP contribution in [0.3, 0.4) is 0 Å². The number of carbonyl (C=O) groups is 1. The fraction of sp³-hybridized carbons (Fsp3) is 0.611. The fourth-order valence-corrected chi connectivity index (χ4v) is 3.98. The summed E-state index contributed by atoms with van der Waals surface area (Å²) in [6, 6.07) is 3.63. The van der Waals surface area contributed by atoms with Crippen molar-refractivity contribution in [1.82, 2.24) is 4.90 Å². The number of halogens is 1. The zero-order valence-electron chi connectivity index (χ0n) is 14.0. The van der Waals surface area contributed by atoms with Gasteiger partial charge in [-0.25, -0.2) is 0 Å². The van der Waals surface area contributed by atoms with E-state index in [1.165, 1.54) is 0 Å². The van der Waals surface area contributed by atoms with Gasteiger partial charge in [0.1, 0.15) is 13.2 Å². The lowest BCUT2D eigenvalue weighted by Crippen LogP contribution is -2.50. The van der Waals surface area contributed by atoms with Gasteiger partial charge in [0.15, 0.2) is 17.8 Å². The van der Waals surface area contributed by atoms with Crippen LogP contribution in [0, 0.1) is 0 Å². The van der Waals surface area contributed by atoms with Crippen LogP contribution in [0.5, 0.6) is 11.5 Å². The van der Waals surface area contributed by atoms with E-state index in [2.05, 4.69) is 0 Å². The van der Waals surface area contributed by atoms with Crippen LogP contribution >= 0.6 is 11.6 Å². The number of hydrogen-bond acceptors (Lipinski definition) is 5. The number of piperidine rings is 1. The van der Waals surface area contributed by atoms with Crippen LogP contribution in [0.2, 0.25) is 5.02 Å². The molecule has 0 saturated carbocycles. The number of rotatable bonds is 3. The Labute approximate surface area is 151 Å². The number of fused-ring (bicyclic) bond motifs is 1.